The largest absolute Gasteiger partial charge is 0.497 e. The highest BCUT2D eigenvalue weighted by atomic mass is 32.2. The molecule has 0 bridgehead atoms. The Bertz CT molecular complexity index is 1170. The number of thioether (sulfide) groups is 1. The molecule has 4 rings (SSSR count). The van der Waals surface area contributed by atoms with Crippen LogP contribution in [-0.2, 0) is 0 Å². The van der Waals surface area contributed by atoms with Crippen LogP contribution in [-0.4, -0.2) is 38.4 Å². The van der Waals surface area contributed by atoms with Crippen LogP contribution in [0.25, 0.3) is 17.1 Å². The highest BCUT2D eigenvalue weighted by Crippen LogP contribution is 2.30. The molecule has 0 saturated heterocycles. The third-order valence-corrected chi connectivity index (χ3v) is 6.47. The lowest BCUT2D eigenvalue weighted by atomic mass is 10.2. The summed E-state index contributed by atoms with van der Waals surface area (Å²) in [6.45, 7) is 4.00. The molecular formula is C22H20N4O2S2. The summed E-state index contributed by atoms with van der Waals surface area (Å²) >= 11 is 3.03. The number of carbonyl (C=O) groups excluding carboxylic acids is 1. The van der Waals surface area contributed by atoms with E-state index in [4.69, 9.17) is 4.74 Å². The van der Waals surface area contributed by atoms with Crippen molar-refractivity contribution in [2.75, 3.05) is 12.9 Å². The number of hydrogen-bond donors (Lipinski definition) is 0. The minimum Gasteiger partial charge on any atom is -0.497 e. The molecule has 0 aliphatic carbocycles. The summed E-state index contributed by atoms with van der Waals surface area (Å²) in [5.74, 6) is 1.85. The van der Waals surface area contributed by atoms with Crippen LogP contribution >= 0.6 is 23.1 Å². The van der Waals surface area contributed by atoms with Crippen LogP contribution < -0.4 is 4.74 Å². The van der Waals surface area contributed by atoms with Gasteiger partial charge in [-0.2, -0.15) is 0 Å². The second-order valence-electron chi connectivity index (χ2n) is 6.61. The molecule has 0 fully saturated rings. The molecule has 0 N–H and O–H groups in total. The normalized spacial score (nSPS) is 10.9. The molecule has 0 unspecified atom stereocenters. The van der Waals surface area contributed by atoms with Crippen LogP contribution in [0.5, 0.6) is 5.75 Å². The van der Waals surface area contributed by atoms with Gasteiger partial charge in [-0.25, -0.2) is 0 Å². The fraction of sp³-hybridized carbons (Fsp3) is 0.182. The van der Waals surface area contributed by atoms with Gasteiger partial charge in [0.15, 0.2) is 16.8 Å². The standard InChI is InChI=1S/C22H20N4O2S2/c1-14-12-19(15(2)30-14)20(27)13-29-22-25-24-21(16-8-10-23-11-9-16)26(22)17-4-6-18(28-3)7-5-17/h4-12H,13H2,1-3H3. The number of ketones is 1. The van der Waals surface area contributed by atoms with Gasteiger partial charge in [-0.3, -0.25) is 14.3 Å². The number of nitrogens with zero attached hydrogens (tertiary/aromatic N) is 4. The molecule has 0 saturated carbocycles. The first-order valence-corrected chi connectivity index (χ1v) is 11.1. The Morgan fingerprint density at radius 3 is 2.47 bits per heavy atom. The molecule has 4 aromatic rings. The SMILES string of the molecule is COc1ccc(-n2c(SCC(=O)c3cc(C)sc3C)nnc2-c2ccncc2)cc1. The molecule has 0 aliphatic rings. The van der Waals surface area contributed by atoms with Gasteiger partial charge in [-0.05, 0) is 56.3 Å². The number of aryl methyl sites for hydroxylation is 2. The van der Waals surface area contributed by atoms with Gasteiger partial charge in [0.2, 0.25) is 0 Å². The van der Waals surface area contributed by atoms with E-state index in [1.807, 2.05) is 60.9 Å². The lowest BCUT2D eigenvalue weighted by Crippen LogP contribution is -2.05. The zero-order valence-corrected chi connectivity index (χ0v) is 18.5. The van der Waals surface area contributed by atoms with Gasteiger partial charge in [0, 0.05) is 39.0 Å². The number of benzene rings is 1. The molecule has 30 heavy (non-hydrogen) atoms. The Kier molecular flexibility index (Phi) is 5.96. The zero-order valence-electron chi connectivity index (χ0n) is 16.8. The molecule has 0 amide bonds. The van der Waals surface area contributed by atoms with Crippen molar-refractivity contribution in [3.8, 4) is 22.8 Å². The first-order chi connectivity index (χ1) is 14.6. The fourth-order valence-corrected chi connectivity index (χ4v) is 4.91. The van der Waals surface area contributed by atoms with Gasteiger partial charge in [-0.15, -0.1) is 21.5 Å². The van der Waals surface area contributed by atoms with Crippen molar-refractivity contribution < 1.29 is 9.53 Å². The highest BCUT2D eigenvalue weighted by molar-refractivity contribution is 7.99. The maximum Gasteiger partial charge on any atom is 0.196 e. The third-order valence-electron chi connectivity index (χ3n) is 4.58. The molecule has 3 heterocycles. The average molecular weight is 437 g/mol. The van der Waals surface area contributed by atoms with Crippen LogP contribution in [0.15, 0.2) is 60.0 Å². The monoisotopic (exact) mass is 436 g/mol. The fourth-order valence-electron chi connectivity index (χ4n) is 3.13. The van der Waals surface area contributed by atoms with Gasteiger partial charge in [0.25, 0.3) is 0 Å². The van der Waals surface area contributed by atoms with Crippen LogP contribution in [0.3, 0.4) is 0 Å². The van der Waals surface area contributed by atoms with Gasteiger partial charge < -0.3 is 4.74 Å². The number of thiophene rings is 1. The predicted molar refractivity (Wildman–Crippen MR) is 120 cm³/mol. The number of aromatic nitrogens is 4. The van der Waals surface area contributed by atoms with E-state index in [9.17, 15) is 4.79 Å². The first-order valence-electron chi connectivity index (χ1n) is 9.30. The molecule has 6 nitrogen and oxygen atoms in total. The summed E-state index contributed by atoms with van der Waals surface area (Å²) in [6.07, 6.45) is 3.45. The number of hydrogen-bond acceptors (Lipinski definition) is 7. The Labute approximate surface area is 183 Å². The Morgan fingerprint density at radius 2 is 1.83 bits per heavy atom. The van der Waals surface area contributed by atoms with E-state index < -0.39 is 0 Å². The number of rotatable bonds is 7. The van der Waals surface area contributed by atoms with Crippen molar-refractivity contribution in [3.05, 3.63) is 70.2 Å². The van der Waals surface area contributed by atoms with Crippen molar-refractivity contribution in [2.45, 2.75) is 19.0 Å². The van der Waals surface area contributed by atoms with E-state index >= 15 is 0 Å². The molecule has 0 aliphatic heterocycles. The number of methoxy groups -OCH3 is 1. The molecular weight excluding hydrogens is 416 g/mol. The smallest absolute Gasteiger partial charge is 0.196 e. The van der Waals surface area contributed by atoms with E-state index in [0.29, 0.717) is 16.7 Å². The topological polar surface area (TPSA) is 69.9 Å². The summed E-state index contributed by atoms with van der Waals surface area (Å²) < 4.78 is 7.23. The Balaban J connectivity index is 1.68. The predicted octanol–water partition coefficient (Wildman–Crippen LogP) is 4.99. The summed E-state index contributed by atoms with van der Waals surface area (Å²) in [4.78, 5) is 19.0. The average Bonchev–Trinajstić information content (AvgIpc) is 3.35. The third kappa shape index (κ3) is 4.15. The number of pyridine rings is 1. The van der Waals surface area contributed by atoms with Gasteiger partial charge in [0.05, 0.1) is 12.9 Å². The van der Waals surface area contributed by atoms with E-state index in [-0.39, 0.29) is 5.78 Å². The Morgan fingerprint density at radius 1 is 1.10 bits per heavy atom. The van der Waals surface area contributed by atoms with Gasteiger partial charge in [0.1, 0.15) is 5.75 Å². The highest BCUT2D eigenvalue weighted by Gasteiger charge is 2.19. The summed E-state index contributed by atoms with van der Waals surface area (Å²) in [7, 11) is 1.64. The number of ether oxygens (including phenoxy) is 1. The van der Waals surface area contributed by atoms with Crippen LogP contribution in [0.1, 0.15) is 20.1 Å². The van der Waals surface area contributed by atoms with E-state index in [2.05, 4.69) is 15.2 Å². The molecule has 8 heteroatoms. The minimum atomic E-state index is 0.0941. The second kappa shape index (κ2) is 8.81. The van der Waals surface area contributed by atoms with Gasteiger partial charge >= 0.3 is 0 Å². The summed E-state index contributed by atoms with van der Waals surface area (Å²) in [5.41, 5.74) is 2.58. The van der Waals surface area contributed by atoms with Crippen molar-refractivity contribution >= 4 is 28.9 Å². The molecule has 1 aromatic carbocycles. The zero-order chi connectivity index (χ0) is 21.1. The van der Waals surface area contributed by atoms with E-state index in [1.165, 1.54) is 11.8 Å². The lowest BCUT2D eigenvalue weighted by molar-refractivity contribution is 0.102. The maximum absolute atomic E-state index is 12.8. The number of carbonyl (C=O) groups is 1. The van der Waals surface area contributed by atoms with Crippen molar-refractivity contribution in [3.63, 3.8) is 0 Å². The Hall–Kier alpha value is -2.97. The number of Topliss-reactive ketones (excluding diaryl/α,β-unsaturated/α-hetero) is 1. The molecule has 0 atom stereocenters. The van der Waals surface area contributed by atoms with Crippen molar-refractivity contribution in [2.24, 2.45) is 0 Å². The summed E-state index contributed by atoms with van der Waals surface area (Å²) in [6, 6.07) is 13.4. The van der Waals surface area contributed by atoms with E-state index in [0.717, 1.165) is 32.3 Å². The molecule has 0 spiro atoms. The summed E-state index contributed by atoms with van der Waals surface area (Å²) in [5, 5.41) is 9.44. The maximum atomic E-state index is 12.8. The van der Waals surface area contributed by atoms with Gasteiger partial charge in [-0.1, -0.05) is 11.8 Å². The van der Waals surface area contributed by atoms with E-state index in [1.54, 1.807) is 30.8 Å². The second-order valence-corrected chi connectivity index (χ2v) is 9.02. The van der Waals surface area contributed by atoms with Crippen LogP contribution in [0, 0.1) is 13.8 Å². The van der Waals surface area contributed by atoms with Crippen molar-refractivity contribution in [1.29, 1.82) is 0 Å². The minimum absolute atomic E-state index is 0.0941. The molecule has 3 aromatic heterocycles. The molecule has 0 radical (unpaired) electrons. The van der Waals surface area contributed by atoms with Crippen LogP contribution in [0.2, 0.25) is 0 Å². The molecule has 152 valence electrons. The quantitative estimate of drug-likeness (QED) is 0.300. The first kappa shape index (κ1) is 20.3. The lowest BCUT2D eigenvalue weighted by Gasteiger charge is -2.11. The van der Waals surface area contributed by atoms with Crippen LogP contribution in [0.4, 0.5) is 0 Å². The van der Waals surface area contributed by atoms with Crippen molar-refractivity contribution in [1.82, 2.24) is 19.7 Å².